The Hall–Kier alpha value is -7.39. The molecular formula is C45H25N5. The summed E-state index contributed by atoms with van der Waals surface area (Å²) in [6.07, 6.45) is 0. The zero-order valence-electron chi connectivity index (χ0n) is 26.7. The Morgan fingerprint density at radius 3 is 1.94 bits per heavy atom. The first-order chi connectivity index (χ1) is 24.7. The standard InChI is InChI=1S/C45H25N5/c1-48-40-16-9-15-38-36-13-3-7-19-43(36)50(45(38)40)41-17-5-2-12-35(41)33-23-30(28-47)22-32(25-33)31-10-8-11-34(26-31)49-42-18-6-4-14-37(42)39-24-29(27-46)20-21-44(39)49/h2-26H. The number of nitrogens with zero attached hydrogens (tertiary/aromatic N) is 5. The highest BCUT2D eigenvalue weighted by atomic mass is 15.0. The van der Waals surface area contributed by atoms with E-state index in [1.165, 1.54) is 0 Å². The molecule has 2 aromatic heterocycles. The Labute approximate surface area is 288 Å². The van der Waals surface area contributed by atoms with E-state index in [1.54, 1.807) is 0 Å². The second-order valence-electron chi connectivity index (χ2n) is 12.3. The van der Waals surface area contributed by atoms with Crippen molar-refractivity contribution in [2.24, 2.45) is 0 Å². The quantitative estimate of drug-likeness (QED) is 0.181. The Bertz CT molecular complexity index is 2970. The van der Waals surface area contributed by atoms with Crippen molar-refractivity contribution in [1.29, 1.82) is 10.5 Å². The van der Waals surface area contributed by atoms with Crippen LogP contribution in [0.4, 0.5) is 5.69 Å². The fourth-order valence-electron chi connectivity index (χ4n) is 7.41. The topological polar surface area (TPSA) is 61.8 Å². The van der Waals surface area contributed by atoms with Crippen molar-refractivity contribution in [1.82, 2.24) is 9.13 Å². The Balaban J connectivity index is 1.24. The summed E-state index contributed by atoms with van der Waals surface area (Å²) in [6.45, 7) is 7.99. The van der Waals surface area contributed by atoms with Crippen molar-refractivity contribution >= 4 is 49.3 Å². The van der Waals surface area contributed by atoms with E-state index in [0.29, 0.717) is 16.8 Å². The van der Waals surface area contributed by atoms with Crippen LogP contribution in [0.2, 0.25) is 0 Å². The third kappa shape index (κ3) is 4.38. The van der Waals surface area contributed by atoms with E-state index in [4.69, 9.17) is 6.57 Å². The number of hydrogen-bond donors (Lipinski definition) is 0. The third-order valence-electron chi connectivity index (χ3n) is 9.55. The molecule has 0 aliphatic heterocycles. The summed E-state index contributed by atoms with van der Waals surface area (Å²) in [5, 5.41) is 24.1. The molecule has 0 spiro atoms. The lowest BCUT2D eigenvalue weighted by Crippen LogP contribution is -1.98. The summed E-state index contributed by atoms with van der Waals surface area (Å²) in [5.41, 5.74) is 11.4. The predicted molar refractivity (Wildman–Crippen MR) is 202 cm³/mol. The number of nitriles is 2. The number of hydrogen-bond acceptors (Lipinski definition) is 2. The molecule has 0 atom stereocenters. The van der Waals surface area contributed by atoms with Crippen LogP contribution >= 0.6 is 0 Å². The number of benzene rings is 7. The van der Waals surface area contributed by atoms with E-state index >= 15 is 0 Å². The van der Waals surface area contributed by atoms with Crippen LogP contribution in [-0.4, -0.2) is 9.13 Å². The van der Waals surface area contributed by atoms with Crippen LogP contribution in [-0.2, 0) is 0 Å². The molecule has 0 fully saturated rings. The summed E-state index contributed by atoms with van der Waals surface area (Å²) >= 11 is 0. The second-order valence-corrected chi connectivity index (χ2v) is 12.3. The molecule has 0 radical (unpaired) electrons. The molecule has 5 heteroatoms. The van der Waals surface area contributed by atoms with Crippen molar-refractivity contribution in [3.63, 3.8) is 0 Å². The molecule has 0 saturated carbocycles. The third-order valence-corrected chi connectivity index (χ3v) is 9.55. The number of para-hydroxylation sites is 4. The first-order valence-corrected chi connectivity index (χ1v) is 16.3. The fraction of sp³-hybridized carbons (Fsp3) is 0. The highest BCUT2D eigenvalue weighted by Crippen LogP contribution is 2.41. The summed E-state index contributed by atoms with van der Waals surface area (Å²) in [7, 11) is 0. The second kappa shape index (κ2) is 11.4. The number of fused-ring (bicyclic) bond motifs is 6. The van der Waals surface area contributed by atoms with Gasteiger partial charge in [-0.3, -0.25) is 0 Å². The van der Waals surface area contributed by atoms with Gasteiger partial charge >= 0.3 is 0 Å². The monoisotopic (exact) mass is 635 g/mol. The SMILES string of the molecule is [C-]#[N+]c1cccc2c3ccccc3n(-c3ccccc3-c3cc(C#N)cc(-c4cccc(-n5c6ccccc6c6cc(C#N)ccc65)c4)c3)c12. The lowest BCUT2D eigenvalue weighted by molar-refractivity contribution is 1.18. The molecule has 0 N–H and O–H groups in total. The van der Waals surface area contributed by atoms with E-state index in [-0.39, 0.29) is 0 Å². The van der Waals surface area contributed by atoms with Gasteiger partial charge in [-0.15, -0.1) is 0 Å². The minimum absolute atomic E-state index is 0.558. The summed E-state index contributed by atoms with van der Waals surface area (Å²) < 4.78 is 4.42. The first-order valence-electron chi connectivity index (χ1n) is 16.3. The van der Waals surface area contributed by atoms with Crippen LogP contribution in [0.25, 0.3) is 82.1 Å². The van der Waals surface area contributed by atoms with Crippen LogP contribution in [0.1, 0.15) is 11.1 Å². The van der Waals surface area contributed by atoms with Gasteiger partial charge in [0.05, 0.1) is 57.6 Å². The lowest BCUT2D eigenvalue weighted by atomic mass is 9.95. The molecular weight excluding hydrogens is 611 g/mol. The van der Waals surface area contributed by atoms with Crippen LogP contribution in [0.5, 0.6) is 0 Å². The van der Waals surface area contributed by atoms with Gasteiger partial charge in [-0.05, 0) is 88.8 Å². The maximum atomic E-state index is 10.3. The van der Waals surface area contributed by atoms with Crippen LogP contribution in [0.3, 0.4) is 0 Å². The number of rotatable bonds is 4. The maximum Gasteiger partial charge on any atom is 0.211 e. The van der Waals surface area contributed by atoms with E-state index in [9.17, 15) is 10.5 Å². The normalized spacial score (nSPS) is 11.1. The fourth-order valence-corrected chi connectivity index (χ4v) is 7.41. The predicted octanol–water partition coefficient (Wildman–Crippen LogP) is 11.5. The van der Waals surface area contributed by atoms with Crippen LogP contribution in [0.15, 0.2) is 152 Å². The Morgan fingerprint density at radius 1 is 0.480 bits per heavy atom. The Morgan fingerprint density at radius 2 is 1.14 bits per heavy atom. The molecule has 50 heavy (non-hydrogen) atoms. The highest BCUT2D eigenvalue weighted by Gasteiger charge is 2.19. The number of aromatic nitrogens is 2. The molecule has 0 amide bonds. The molecule has 7 aromatic carbocycles. The minimum atomic E-state index is 0.558. The van der Waals surface area contributed by atoms with Crippen LogP contribution in [0, 0.1) is 29.2 Å². The summed E-state index contributed by atoms with van der Waals surface area (Å²) in [6, 6.07) is 55.5. The average Bonchev–Trinajstić information content (AvgIpc) is 3.70. The van der Waals surface area contributed by atoms with Gasteiger partial charge in [0.2, 0.25) is 5.69 Å². The molecule has 5 nitrogen and oxygen atoms in total. The molecule has 230 valence electrons. The molecule has 0 aliphatic carbocycles. The van der Waals surface area contributed by atoms with E-state index in [2.05, 4.69) is 92.8 Å². The van der Waals surface area contributed by atoms with Gasteiger partial charge in [-0.2, -0.15) is 10.5 Å². The highest BCUT2D eigenvalue weighted by molar-refractivity contribution is 6.14. The van der Waals surface area contributed by atoms with E-state index in [0.717, 1.165) is 77.2 Å². The summed E-state index contributed by atoms with van der Waals surface area (Å²) in [4.78, 5) is 3.91. The molecule has 9 aromatic rings. The van der Waals surface area contributed by atoms with E-state index < -0.39 is 0 Å². The maximum absolute atomic E-state index is 10.3. The van der Waals surface area contributed by atoms with Crippen molar-refractivity contribution in [2.45, 2.75) is 0 Å². The van der Waals surface area contributed by atoms with Gasteiger partial charge in [0.15, 0.2) is 0 Å². The van der Waals surface area contributed by atoms with Crippen molar-refractivity contribution in [3.8, 4) is 45.8 Å². The smallest absolute Gasteiger partial charge is 0.211 e. The van der Waals surface area contributed by atoms with Gasteiger partial charge in [0.25, 0.3) is 0 Å². The van der Waals surface area contributed by atoms with Gasteiger partial charge in [0, 0.05) is 27.4 Å². The molecule has 0 aliphatic rings. The van der Waals surface area contributed by atoms with Crippen molar-refractivity contribution in [3.05, 3.63) is 174 Å². The molecule has 9 rings (SSSR count). The van der Waals surface area contributed by atoms with E-state index in [1.807, 2.05) is 84.9 Å². The minimum Gasteiger partial charge on any atom is -0.318 e. The van der Waals surface area contributed by atoms with Gasteiger partial charge in [0.1, 0.15) is 0 Å². The average molecular weight is 636 g/mol. The zero-order chi connectivity index (χ0) is 33.8. The molecule has 0 unspecified atom stereocenters. The zero-order valence-corrected chi connectivity index (χ0v) is 26.7. The molecule has 0 saturated heterocycles. The Kier molecular flexibility index (Phi) is 6.56. The van der Waals surface area contributed by atoms with Crippen molar-refractivity contribution < 1.29 is 0 Å². The van der Waals surface area contributed by atoms with Crippen LogP contribution < -0.4 is 0 Å². The lowest BCUT2D eigenvalue weighted by Gasteiger charge is -2.16. The van der Waals surface area contributed by atoms with Crippen molar-refractivity contribution in [2.75, 3.05) is 0 Å². The summed E-state index contributed by atoms with van der Waals surface area (Å²) in [5.74, 6) is 0. The van der Waals surface area contributed by atoms with Gasteiger partial charge in [-0.1, -0.05) is 84.9 Å². The first kappa shape index (κ1) is 28.8. The molecule has 0 bridgehead atoms. The molecule has 2 heterocycles. The largest absolute Gasteiger partial charge is 0.318 e. The van der Waals surface area contributed by atoms with Gasteiger partial charge in [-0.25, -0.2) is 4.85 Å². The van der Waals surface area contributed by atoms with Gasteiger partial charge < -0.3 is 9.13 Å².